The second-order valence-electron chi connectivity index (χ2n) is 7.02. The molecule has 3 aromatic carbocycles. The molecule has 0 spiro atoms. The summed E-state index contributed by atoms with van der Waals surface area (Å²) in [7, 11) is 1.59. The molecule has 0 saturated heterocycles. The zero-order valence-electron chi connectivity index (χ0n) is 18.0. The zero-order valence-corrected chi connectivity index (χ0v) is 19.6. The summed E-state index contributed by atoms with van der Waals surface area (Å²) in [6.45, 7) is 2.31. The largest absolute Gasteiger partial charge is 0.496 e. The summed E-state index contributed by atoms with van der Waals surface area (Å²) < 4.78 is 11.3. The highest BCUT2D eigenvalue weighted by Gasteiger charge is 2.08. The molecule has 3 rings (SSSR count). The molecule has 3 aromatic rings. The molecular formula is C25H22Cl2N2O4. The molecule has 170 valence electrons. The first-order valence-electron chi connectivity index (χ1n) is 9.90. The van der Waals surface area contributed by atoms with Crippen LogP contribution in [-0.2, 0) is 16.2 Å². The molecule has 0 fully saturated rings. The Balaban J connectivity index is 1.66. The van der Waals surface area contributed by atoms with Gasteiger partial charge in [-0.1, -0.05) is 46.6 Å². The van der Waals surface area contributed by atoms with E-state index < -0.39 is 5.97 Å². The van der Waals surface area contributed by atoms with Crippen molar-refractivity contribution in [2.75, 3.05) is 7.11 Å². The van der Waals surface area contributed by atoms with Crippen LogP contribution in [0.3, 0.4) is 0 Å². The molecule has 0 aliphatic carbocycles. The highest BCUT2D eigenvalue weighted by molar-refractivity contribution is 6.36. The van der Waals surface area contributed by atoms with Gasteiger partial charge in [0.2, 0.25) is 0 Å². The lowest BCUT2D eigenvalue weighted by Gasteiger charge is -2.11. The summed E-state index contributed by atoms with van der Waals surface area (Å²) in [6.07, 6.45) is 2.84. The first kappa shape index (κ1) is 24.2. The van der Waals surface area contributed by atoms with Crippen molar-refractivity contribution >= 4 is 41.1 Å². The van der Waals surface area contributed by atoms with Gasteiger partial charge in [0.15, 0.2) is 5.84 Å². The fourth-order valence-corrected chi connectivity index (χ4v) is 3.42. The number of nitrogens with zero attached hydrogens (tertiary/aromatic N) is 1. The maximum Gasteiger partial charge on any atom is 0.358 e. The van der Waals surface area contributed by atoms with Gasteiger partial charge in [0.25, 0.3) is 0 Å². The molecule has 0 unspecified atom stereocenters. The number of methoxy groups -OCH3 is 1. The number of hydrogen-bond donors (Lipinski definition) is 1. The van der Waals surface area contributed by atoms with E-state index in [4.69, 9.17) is 43.2 Å². The van der Waals surface area contributed by atoms with Crippen molar-refractivity contribution in [2.45, 2.75) is 13.5 Å². The number of ether oxygens (including phenoxy) is 2. The number of benzene rings is 3. The molecule has 0 bridgehead atoms. The molecule has 0 heterocycles. The first-order chi connectivity index (χ1) is 15.9. The van der Waals surface area contributed by atoms with Crippen molar-refractivity contribution < 1.29 is 19.1 Å². The van der Waals surface area contributed by atoms with Crippen LogP contribution in [0.15, 0.2) is 71.9 Å². The minimum Gasteiger partial charge on any atom is -0.496 e. The van der Waals surface area contributed by atoms with Gasteiger partial charge in [0, 0.05) is 22.2 Å². The van der Waals surface area contributed by atoms with E-state index in [1.165, 1.54) is 12.1 Å². The molecule has 2 N–H and O–H groups in total. The van der Waals surface area contributed by atoms with Crippen LogP contribution in [0.2, 0.25) is 10.0 Å². The van der Waals surface area contributed by atoms with Crippen LogP contribution >= 0.6 is 23.2 Å². The molecular weight excluding hydrogens is 463 g/mol. The third-order valence-corrected chi connectivity index (χ3v) is 5.09. The number of hydrogen-bond acceptors (Lipinski definition) is 5. The fourth-order valence-electron chi connectivity index (χ4n) is 2.92. The maximum atomic E-state index is 12.1. The smallest absolute Gasteiger partial charge is 0.358 e. The predicted molar refractivity (Wildman–Crippen MR) is 131 cm³/mol. The number of amidine groups is 1. The van der Waals surface area contributed by atoms with Gasteiger partial charge in [0.05, 0.1) is 12.1 Å². The Morgan fingerprint density at radius 1 is 1.09 bits per heavy atom. The van der Waals surface area contributed by atoms with E-state index in [1.807, 2.05) is 43.3 Å². The topological polar surface area (TPSA) is 83.1 Å². The number of rotatable bonds is 8. The number of halogens is 2. The highest BCUT2D eigenvalue weighted by atomic mass is 35.5. The molecule has 0 aliphatic heterocycles. The number of nitrogens with two attached hydrogens (primary N) is 1. The Morgan fingerprint density at radius 3 is 2.64 bits per heavy atom. The van der Waals surface area contributed by atoms with Crippen molar-refractivity contribution in [1.29, 1.82) is 0 Å². The van der Waals surface area contributed by atoms with Gasteiger partial charge in [-0.15, -0.1) is 0 Å². The van der Waals surface area contributed by atoms with Crippen LogP contribution in [0.25, 0.3) is 6.08 Å². The molecule has 33 heavy (non-hydrogen) atoms. The van der Waals surface area contributed by atoms with E-state index in [9.17, 15) is 4.79 Å². The number of aryl methyl sites for hydroxylation is 1. The van der Waals surface area contributed by atoms with Crippen molar-refractivity contribution in [2.24, 2.45) is 10.9 Å². The van der Waals surface area contributed by atoms with Crippen molar-refractivity contribution in [3.05, 3.63) is 99.0 Å². The van der Waals surface area contributed by atoms with Crippen LogP contribution in [0.1, 0.15) is 22.3 Å². The summed E-state index contributed by atoms with van der Waals surface area (Å²) in [5.41, 5.74) is 8.94. The van der Waals surface area contributed by atoms with Crippen LogP contribution in [-0.4, -0.2) is 18.9 Å². The van der Waals surface area contributed by atoms with E-state index in [0.29, 0.717) is 28.0 Å². The molecule has 0 radical (unpaired) electrons. The molecule has 0 amide bonds. The van der Waals surface area contributed by atoms with Gasteiger partial charge in [-0.3, -0.25) is 0 Å². The van der Waals surface area contributed by atoms with Crippen LogP contribution < -0.4 is 15.2 Å². The monoisotopic (exact) mass is 484 g/mol. The van der Waals surface area contributed by atoms with Crippen LogP contribution in [0.4, 0.5) is 0 Å². The van der Waals surface area contributed by atoms with Crippen molar-refractivity contribution in [3.63, 3.8) is 0 Å². The number of oxime groups is 1. The van der Waals surface area contributed by atoms with E-state index in [1.54, 1.807) is 31.4 Å². The lowest BCUT2D eigenvalue weighted by atomic mass is 10.1. The van der Waals surface area contributed by atoms with Crippen LogP contribution in [0.5, 0.6) is 11.5 Å². The Bertz CT molecular complexity index is 1210. The van der Waals surface area contributed by atoms with E-state index in [-0.39, 0.29) is 5.84 Å². The summed E-state index contributed by atoms with van der Waals surface area (Å²) in [4.78, 5) is 16.9. The van der Waals surface area contributed by atoms with Gasteiger partial charge in [0.1, 0.15) is 18.1 Å². The first-order valence-corrected chi connectivity index (χ1v) is 10.7. The number of carbonyl (C=O) groups is 1. The third kappa shape index (κ3) is 7.00. The Hall–Kier alpha value is -3.48. The van der Waals surface area contributed by atoms with Gasteiger partial charge < -0.3 is 20.0 Å². The lowest BCUT2D eigenvalue weighted by molar-refractivity contribution is -0.137. The zero-order chi connectivity index (χ0) is 23.8. The molecule has 0 saturated carbocycles. The van der Waals surface area contributed by atoms with Gasteiger partial charge in [-0.05, 0) is 66.6 Å². The second kappa shape index (κ2) is 11.4. The molecule has 6 nitrogen and oxygen atoms in total. The Kier molecular flexibility index (Phi) is 8.35. The van der Waals surface area contributed by atoms with Crippen molar-refractivity contribution in [3.8, 4) is 11.5 Å². The third-order valence-electron chi connectivity index (χ3n) is 4.54. The quantitative estimate of drug-likeness (QED) is 0.144. The minimum atomic E-state index is -0.698. The summed E-state index contributed by atoms with van der Waals surface area (Å²) in [5, 5.41) is 4.40. The van der Waals surface area contributed by atoms with Crippen LogP contribution in [0, 0.1) is 6.92 Å². The standard InChI is InChI=1S/C25H22Cl2N2O4/c1-16-4-3-5-20(12-16)32-15-18-13-17(6-10-23(18)31-2)7-11-24(30)33-29-25(28)21-9-8-19(26)14-22(21)27/h3-14H,15H2,1-2H3,(H2,28,29)/b11-7-. The van der Waals surface area contributed by atoms with Gasteiger partial charge >= 0.3 is 5.97 Å². The SMILES string of the molecule is COc1ccc(/C=C\C(=O)O/N=C(\N)c2ccc(Cl)cc2Cl)cc1COc1cccc(C)c1. The second-order valence-corrected chi connectivity index (χ2v) is 7.86. The van der Waals surface area contributed by atoms with Crippen molar-refractivity contribution in [1.82, 2.24) is 0 Å². The Labute approximate surface area is 202 Å². The Morgan fingerprint density at radius 2 is 1.91 bits per heavy atom. The summed E-state index contributed by atoms with van der Waals surface area (Å²) in [5.74, 6) is 0.701. The molecule has 0 atom stereocenters. The van der Waals surface area contributed by atoms with Gasteiger partial charge in [-0.2, -0.15) is 0 Å². The fraction of sp³-hybridized carbons (Fsp3) is 0.120. The maximum absolute atomic E-state index is 12.1. The summed E-state index contributed by atoms with van der Waals surface area (Å²) >= 11 is 11.9. The average molecular weight is 485 g/mol. The lowest BCUT2D eigenvalue weighted by Crippen LogP contribution is -2.15. The van der Waals surface area contributed by atoms with E-state index in [2.05, 4.69) is 5.16 Å². The summed E-state index contributed by atoms with van der Waals surface area (Å²) in [6, 6.07) is 18.0. The van der Waals surface area contributed by atoms with Gasteiger partial charge in [-0.25, -0.2) is 4.79 Å². The normalized spacial score (nSPS) is 11.5. The highest BCUT2D eigenvalue weighted by Crippen LogP contribution is 2.24. The van der Waals surface area contributed by atoms with E-state index >= 15 is 0 Å². The molecule has 0 aromatic heterocycles. The minimum absolute atomic E-state index is 0.0431. The van der Waals surface area contributed by atoms with E-state index in [0.717, 1.165) is 22.4 Å². The average Bonchev–Trinajstić information content (AvgIpc) is 2.80. The molecule has 8 heteroatoms. The predicted octanol–water partition coefficient (Wildman–Crippen LogP) is 5.77. The number of carbonyl (C=O) groups excluding carboxylic acids is 1. The molecule has 0 aliphatic rings.